The Labute approximate surface area is 164 Å². The van der Waals surface area contributed by atoms with Crippen LogP contribution in [0.1, 0.15) is 5.56 Å². The Morgan fingerprint density at radius 2 is 2.23 bits per heavy atom. The molecule has 1 amide bonds. The summed E-state index contributed by atoms with van der Waals surface area (Å²) in [6, 6.07) is 8.08. The molecule has 2 aromatic heterocycles. The Bertz CT molecular complexity index is 1060. The molecule has 3 aromatic rings. The number of carbonyl (C=O) groups is 1. The molecule has 0 aliphatic carbocycles. The molecule has 3 heterocycles. The van der Waals surface area contributed by atoms with Crippen LogP contribution in [0.5, 0.6) is 0 Å². The summed E-state index contributed by atoms with van der Waals surface area (Å²) in [6.07, 6.45) is 4.24. The van der Waals surface area contributed by atoms with E-state index in [0.29, 0.717) is 12.3 Å². The molecule has 0 saturated carbocycles. The van der Waals surface area contributed by atoms with Crippen LogP contribution < -0.4 is 4.90 Å². The van der Waals surface area contributed by atoms with Gasteiger partial charge in [0, 0.05) is 18.8 Å². The van der Waals surface area contributed by atoms with Gasteiger partial charge in [-0.1, -0.05) is 36.0 Å². The highest BCUT2D eigenvalue weighted by Gasteiger charge is 2.24. The largest absolute Gasteiger partial charge is 0.311 e. The minimum Gasteiger partial charge on any atom is -0.311 e. The number of nitrogens with zero attached hydrogens (tertiary/aromatic N) is 4. The van der Waals surface area contributed by atoms with Gasteiger partial charge in [0.25, 0.3) is 0 Å². The van der Waals surface area contributed by atoms with Crippen molar-refractivity contribution in [1.82, 2.24) is 14.5 Å². The summed E-state index contributed by atoms with van der Waals surface area (Å²) in [5.41, 5.74) is 3.06. The summed E-state index contributed by atoms with van der Waals surface area (Å²) >= 11 is 8.35. The van der Waals surface area contributed by atoms with Crippen LogP contribution in [0.3, 0.4) is 0 Å². The van der Waals surface area contributed by atoms with Crippen LogP contribution in [-0.4, -0.2) is 32.7 Å². The van der Waals surface area contributed by atoms with E-state index in [2.05, 4.69) is 22.6 Å². The highest BCUT2D eigenvalue weighted by molar-refractivity contribution is 8.00. The molecule has 0 radical (unpaired) electrons. The Hall–Kier alpha value is -2.03. The number of anilines is 1. The first-order chi connectivity index (χ1) is 12.7. The molecule has 1 aliphatic rings. The third-order valence-electron chi connectivity index (χ3n) is 4.25. The smallest absolute Gasteiger partial charge is 0.237 e. The first kappa shape index (κ1) is 17.4. The zero-order valence-electron chi connectivity index (χ0n) is 13.9. The molecule has 1 aromatic carbocycles. The van der Waals surface area contributed by atoms with Crippen molar-refractivity contribution in [2.45, 2.75) is 18.0 Å². The molecule has 1 aliphatic heterocycles. The molecule has 0 atom stereocenters. The van der Waals surface area contributed by atoms with Gasteiger partial charge >= 0.3 is 0 Å². The zero-order chi connectivity index (χ0) is 18.1. The van der Waals surface area contributed by atoms with Gasteiger partial charge in [-0.15, -0.1) is 17.9 Å². The summed E-state index contributed by atoms with van der Waals surface area (Å²) < 4.78 is 3.60. The van der Waals surface area contributed by atoms with E-state index < -0.39 is 0 Å². The molecule has 0 spiro atoms. The number of allylic oxidation sites excluding steroid dienone is 1. The standard InChI is InChI=1S/C18H16N4OS3/c1-2-8-22-16-15(26-18(22)24)17(20-11-19-16)25-10-14(23)21-9-7-12-5-3-4-6-13(12)21/h2-6,11H,1,7-10H2. The van der Waals surface area contributed by atoms with Crippen LogP contribution in [0.25, 0.3) is 10.3 Å². The van der Waals surface area contributed by atoms with E-state index in [1.165, 1.54) is 35.0 Å². The van der Waals surface area contributed by atoms with Crippen molar-refractivity contribution in [3.05, 3.63) is 52.8 Å². The second-order valence-electron chi connectivity index (χ2n) is 5.81. The first-order valence-electron chi connectivity index (χ1n) is 8.15. The van der Waals surface area contributed by atoms with E-state index in [1.54, 1.807) is 6.08 Å². The van der Waals surface area contributed by atoms with Crippen LogP contribution in [0.4, 0.5) is 5.69 Å². The molecule has 0 fully saturated rings. The maximum atomic E-state index is 12.7. The number of carbonyl (C=O) groups excluding carboxylic acids is 1. The molecule has 0 bridgehead atoms. The second kappa shape index (κ2) is 7.30. The lowest BCUT2D eigenvalue weighted by molar-refractivity contribution is -0.116. The highest BCUT2D eigenvalue weighted by atomic mass is 32.2. The number of hydrogen-bond donors (Lipinski definition) is 0. The van der Waals surface area contributed by atoms with Crippen LogP contribution in [0.2, 0.25) is 0 Å². The number of hydrogen-bond acceptors (Lipinski definition) is 6. The van der Waals surface area contributed by atoms with Gasteiger partial charge in [0.1, 0.15) is 16.1 Å². The van der Waals surface area contributed by atoms with Gasteiger partial charge in [-0.2, -0.15) is 0 Å². The van der Waals surface area contributed by atoms with Crippen LogP contribution >= 0.6 is 35.3 Å². The lowest BCUT2D eigenvalue weighted by atomic mass is 10.2. The second-order valence-corrected chi connectivity index (χ2v) is 8.42. The van der Waals surface area contributed by atoms with Crippen molar-refractivity contribution in [3.63, 3.8) is 0 Å². The number of aromatic nitrogens is 3. The van der Waals surface area contributed by atoms with Crippen molar-refractivity contribution in [3.8, 4) is 0 Å². The van der Waals surface area contributed by atoms with Gasteiger partial charge < -0.3 is 9.47 Å². The van der Waals surface area contributed by atoms with Crippen molar-refractivity contribution >= 4 is 57.3 Å². The number of rotatable bonds is 5. The van der Waals surface area contributed by atoms with Crippen molar-refractivity contribution in [2.24, 2.45) is 0 Å². The molecule has 5 nitrogen and oxygen atoms in total. The van der Waals surface area contributed by atoms with Crippen LogP contribution in [0, 0.1) is 3.95 Å². The van der Waals surface area contributed by atoms with E-state index in [-0.39, 0.29) is 5.91 Å². The molecule has 0 saturated heterocycles. The predicted molar refractivity (Wildman–Crippen MR) is 110 cm³/mol. The zero-order valence-corrected chi connectivity index (χ0v) is 16.4. The van der Waals surface area contributed by atoms with E-state index in [0.717, 1.165) is 38.0 Å². The average Bonchev–Trinajstić information content (AvgIpc) is 3.22. The van der Waals surface area contributed by atoms with Gasteiger partial charge in [0.05, 0.1) is 5.75 Å². The maximum absolute atomic E-state index is 12.7. The van der Waals surface area contributed by atoms with Gasteiger partial charge in [-0.25, -0.2) is 9.97 Å². The molecule has 0 N–H and O–H groups in total. The Morgan fingerprint density at radius 1 is 1.38 bits per heavy atom. The third-order valence-corrected chi connectivity index (χ3v) is 6.80. The average molecular weight is 401 g/mol. The summed E-state index contributed by atoms with van der Waals surface area (Å²) in [7, 11) is 0. The molecule has 8 heteroatoms. The topological polar surface area (TPSA) is 51.0 Å². The number of thioether (sulfide) groups is 1. The van der Waals surface area contributed by atoms with E-state index in [9.17, 15) is 4.79 Å². The van der Waals surface area contributed by atoms with Crippen molar-refractivity contribution in [2.75, 3.05) is 17.2 Å². The maximum Gasteiger partial charge on any atom is 0.237 e. The van der Waals surface area contributed by atoms with Crippen molar-refractivity contribution in [1.29, 1.82) is 0 Å². The summed E-state index contributed by atoms with van der Waals surface area (Å²) in [6.45, 7) is 5.12. The number of thiazole rings is 1. The molecule has 26 heavy (non-hydrogen) atoms. The Balaban J connectivity index is 1.55. The highest BCUT2D eigenvalue weighted by Crippen LogP contribution is 2.32. The number of para-hydroxylation sites is 1. The molecule has 4 rings (SSSR count). The third kappa shape index (κ3) is 3.08. The minimum atomic E-state index is 0.0980. The molecular formula is C18H16N4OS3. The van der Waals surface area contributed by atoms with Gasteiger partial charge in [0.15, 0.2) is 9.60 Å². The van der Waals surface area contributed by atoms with Gasteiger partial charge in [-0.05, 0) is 30.3 Å². The van der Waals surface area contributed by atoms with Gasteiger partial charge in [-0.3, -0.25) is 4.79 Å². The summed E-state index contributed by atoms with van der Waals surface area (Å²) in [5.74, 6) is 0.438. The Kier molecular flexibility index (Phi) is 4.88. The fraction of sp³-hybridized carbons (Fsp3) is 0.222. The molecule has 132 valence electrons. The summed E-state index contributed by atoms with van der Waals surface area (Å²) in [5, 5.41) is 0.801. The normalized spacial score (nSPS) is 13.2. The van der Waals surface area contributed by atoms with Crippen LogP contribution in [0.15, 0.2) is 48.3 Å². The molecule has 0 unspecified atom stereocenters. The number of benzene rings is 1. The lowest BCUT2D eigenvalue weighted by Crippen LogP contribution is -2.30. The van der Waals surface area contributed by atoms with Gasteiger partial charge in [0.2, 0.25) is 5.91 Å². The number of fused-ring (bicyclic) bond motifs is 2. The summed E-state index contributed by atoms with van der Waals surface area (Å²) in [4.78, 5) is 23.3. The quantitative estimate of drug-likeness (QED) is 0.279. The van der Waals surface area contributed by atoms with Crippen LogP contribution in [-0.2, 0) is 17.8 Å². The monoisotopic (exact) mass is 400 g/mol. The SMILES string of the molecule is C=CCn1c(=S)sc2c(SCC(=O)N3CCc4ccccc43)ncnc21. The predicted octanol–water partition coefficient (Wildman–Crippen LogP) is 4.09. The van der Waals surface area contributed by atoms with Crippen molar-refractivity contribution < 1.29 is 4.79 Å². The van der Waals surface area contributed by atoms with E-state index in [4.69, 9.17) is 12.2 Å². The lowest BCUT2D eigenvalue weighted by Gasteiger charge is -2.16. The number of amides is 1. The molecular weight excluding hydrogens is 384 g/mol. The fourth-order valence-corrected chi connectivity index (χ4v) is 5.37. The van der Waals surface area contributed by atoms with E-state index >= 15 is 0 Å². The minimum absolute atomic E-state index is 0.0980. The van der Waals surface area contributed by atoms with E-state index in [1.807, 2.05) is 27.7 Å². The fourth-order valence-electron chi connectivity index (χ4n) is 3.06. The first-order valence-corrected chi connectivity index (χ1v) is 10.4. The Morgan fingerprint density at radius 3 is 3.08 bits per heavy atom.